The first kappa shape index (κ1) is 15.2. The Labute approximate surface area is 97.1 Å². The molecule has 0 amide bonds. The number of hydrogen-bond donors (Lipinski definition) is 2. The molecule has 7 heteroatoms. The average molecular weight is 252 g/mol. The summed E-state index contributed by atoms with van der Waals surface area (Å²) < 4.78 is 31.6. The van der Waals surface area contributed by atoms with Crippen molar-refractivity contribution in [3.63, 3.8) is 0 Å². The molecule has 0 aromatic carbocycles. The highest BCUT2D eigenvalue weighted by Crippen LogP contribution is 2.06. The number of hydrogen-bond acceptors (Lipinski definition) is 4. The molecule has 0 atom stereocenters. The number of unbranched alkanes of at least 4 members (excludes halogenated alkanes) is 1. The van der Waals surface area contributed by atoms with E-state index in [1.807, 2.05) is 0 Å². The Morgan fingerprint density at radius 1 is 1.19 bits per heavy atom. The first-order valence-corrected chi connectivity index (χ1v) is 6.62. The van der Waals surface area contributed by atoms with Crippen LogP contribution in [0.3, 0.4) is 0 Å². The molecule has 0 bridgehead atoms. The maximum Gasteiger partial charge on any atom is 0.394 e. The van der Waals surface area contributed by atoms with Gasteiger partial charge >= 0.3 is 10.4 Å². The average Bonchev–Trinajstić information content (AvgIpc) is 2.59. The Bertz CT molecular complexity index is 295. The molecule has 1 rings (SSSR count). The van der Waals surface area contributed by atoms with Gasteiger partial charge in [-0.2, -0.15) is 8.42 Å². The van der Waals surface area contributed by atoms with Crippen molar-refractivity contribution in [1.29, 1.82) is 0 Å². The SMILES string of the molecule is CCCCN1C=CN(CC)C1.O=S(=O)(O)O. The van der Waals surface area contributed by atoms with Gasteiger partial charge in [-0.15, -0.1) is 0 Å². The highest BCUT2D eigenvalue weighted by molar-refractivity contribution is 7.79. The topological polar surface area (TPSA) is 81.1 Å². The minimum Gasteiger partial charge on any atom is -0.359 e. The Hall–Kier alpha value is -0.790. The summed E-state index contributed by atoms with van der Waals surface area (Å²) in [6.45, 7) is 7.85. The third-order valence-electron chi connectivity index (χ3n) is 2.06. The van der Waals surface area contributed by atoms with Crippen molar-refractivity contribution in [3.05, 3.63) is 12.4 Å². The molecule has 6 nitrogen and oxygen atoms in total. The quantitative estimate of drug-likeness (QED) is 0.732. The summed E-state index contributed by atoms with van der Waals surface area (Å²) in [5.41, 5.74) is 0. The van der Waals surface area contributed by atoms with Gasteiger partial charge in [-0.05, 0) is 13.3 Å². The number of nitrogens with zero attached hydrogens (tertiary/aromatic N) is 2. The fourth-order valence-corrected chi connectivity index (χ4v) is 1.23. The second-order valence-electron chi connectivity index (χ2n) is 3.46. The van der Waals surface area contributed by atoms with E-state index in [0.29, 0.717) is 0 Å². The molecule has 0 saturated heterocycles. The van der Waals surface area contributed by atoms with Gasteiger partial charge in [0, 0.05) is 25.5 Å². The lowest BCUT2D eigenvalue weighted by atomic mass is 10.3. The number of rotatable bonds is 4. The lowest BCUT2D eigenvalue weighted by Crippen LogP contribution is -2.25. The van der Waals surface area contributed by atoms with Crippen molar-refractivity contribution in [2.75, 3.05) is 19.8 Å². The zero-order valence-corrected chi connectivity index (χ0v) is 10.5. The second kappa shape index (κ2) is 7.48. The fraction of sp³-hybridized carbons (Fsp3) is 0.778. The van der Waals surface area contributed by atoms with Crippen molar-refractivity contribution in [2.24, 2.45) is 0 Å². The van der Waals surface area contributed by atoms with E-state index in [1.54, 1.807) is 0 Å². The van der Waals surface area contributed by atoms with Gasteiger partial charge in [0.1, 0.15) is 0 Å². The normalized spacial score (nSPS) is 15.0. The van der Waals surface area contributed by atoms with E-state index >= 15 is 0 Å². The summed E-state index contributed by atoms with van der Waals surface area (Å²) in [6.07, 6.45) is 6.97. The van der Waals surface area contributed by atoms with E-state index in [-0.39, 0.29) is 0 Å². The molecular formula is C9H20N2O4S. The minimum atomic E-state index is -4.67. The molecule has 0 aromatic rings. The Morgan fingerprint density at radius 2 is 1.69 bits per heavy atom. The van der Waals surface area contributed by atoms with E-state index < -0.39 is 10.4 Å². The highest BCUT2D eigenvalue weighted by atomic mass is 32.3. The third-order valence-corrected chi connectivity index (χ3v) is 2.06. The van der Waals surface area contributed by atoms with Gasteiger partial charge in [-0.25, -0.2) is 0 Å². The summed E-state index contributed by atoms with van der Waals surface area (Å²) >= 11 is 0. The fourth-order valence-electron chi connectivity index (χ4n) is 1.23. The van der Waals surface area contributed by atoms with Crippen LogP contribution in [-0.2, 0) is 10.4 Å². The smallest absolute Gasteiger partial charge is 0.359 e. The van der Waals surface area contributed by atoms with Crippen molar-refractivity contribution in [1.82, 2.24) is 9.80 Å². The van der Waals surface area contributed by atoms with Crippen molar-refractivity contribution >= 4 is 10.4 Å². The third kappa shape index (κ3) is 9.75. The maximum atomic E-state index is 8.74. The van der Waals surface area contributed by atoms with Crippen LogP contribution in [0.4, 0.5) is 0 Å². The van der Waals surface area contributed by atoms with Gasteiger partial charge < -0.3 is 9.80 Å². The molecular weight excluding hydrogens is 232 g/mol. The van der Waals surface area contributed by atoms with Gasteiger partial charge in [0.15, 0.2) is 0 Å². The summed E-state index contributed by atoms with van der Waals surface area (Å²) in [5, 5.41) is 0. The van der Waals surface area contributed by atoms with Gasteiger partial charge in [-0.3, -0.25) is 9.11 Å². The van der Waals surface area contributed by atoms with Crippen LogP contribution in [0.15, 0.2) is 12.4 Å². The molecule has 16 heavy (non-hydrogen) atoms. The zero-order valence-electron chi connectivity index (χ0n) is 9.70. The monoisotopic (exact) mass is 252 g/mol. The van der Waals surface area contributed by atoms with Crippen LogP contribution < -0.4 is 0 Å². The largest absolute Gasteiger partial charge is 0.394 e. The molecule has 0 radical (unpaired) electrons. The second-order valence-corrected chi connectivity index (χ2v) is 4.35. The van der Waals surface area contributed by atoms with E-state index in [9.17, 15) is 0 Å². The molecule has 0 fully saturated rings. The van der Waals surface area contributed by atoms with Crippen LogP contribution in [0.25, 0.3) is 0 Å². The van der Waals surface area contributed by atoms with Crippen LogP contribution in [0.2, 0.25) is 0 Å². The predicted molar refractivity (Wildman–Crippen MR) is 62.2 cm³/mol. The standard InChI is InChI=1S/C9H18N2.H2O4S/c1-3-5-6-11-8-7-10(4-2)9-11;1-5(2,3)4/h7-8H,3-6,9H2,1-2H3;(H2,1,2,3,4). The Morgan fingerprint density at radius 3 is 2.06 bits per heavy atom. The molecule has 0 aliphatic carbocycles. The molecule has 1 heterocycles. The van der Waals surface area contributed by atoms with Gasteiger partial charge in [0.25, 0.3) is 0 Å². The Balaban J connectivity index is 0.000000385. The van der Waals surface area contributed by atoms with Gasteiger partial charge in [0.2, 0.25) is 0 Å². The van der Waals surface area contributed by atoms with Gasteiger partial charge in [-0.1, -0.05) is 13.3 Å². The first-order valence-electron chi connectivity index (χ1n) is 5.23. The molecule has 2 N–H and O–H groups in total. The van der Waals surface area contributed by atoms with E-state index in [2.05, 4.69) is 36.0 Å². The molecule has 0 saturated carbocycles. The van der Waals surface area contributed by atoms with Crippen LogP contribution in [-0.4, -0.2) is 47.1 Å². The molecule has 0 spiro atoms. The van der Waals surface area contributed by atoms with Crippen molar-refractivity contribution < 1.29 is 17.5 Å². The Kier molecular flexibility index (Phi) is 7.11. The van der Waals surface area contributed by atoms with Crippen molar-refractivity contribution in [3.8, 4) is 0 Å². The maximum absolute atomic E-state index is 8.74. The molecule has 1 aliphatic rings. The molecule has 0 unspecified atom stereocenters. The van der Waals surface area contributed by atoms with Gasteiger partial charge in [0.05, 0.1) is 6.67 Å². The minimum absolute atomic E-state index is 1.09. The summed E-state index contributed by atoms with van der Waals surface area (Å²) in [5.74, 6) is 0. The molecule has 1 aliphatic heterocycles. The molecule has 0 aromatic heterocycles. The highest BCUT2D eigenvalue weighted by Gasteiger charge is 2.08. The van der Waals surface area contributed by atoms with Crippen LogP contribution in [0, 0.1) is 0 Å². The lowest BCUT2D eigenvalue weighted by molar-refractivity contribution is 0.270. The zero-order chi connectivity index (χ0) is 12.6. The van der Waals surface area contributed by atoms with Crippen molar-refractivity contribution in [2.45, 2.75) is 26.7 Å². The van der Waals surface area contributed by atoms with Crippen LogP contribution in [0.1, 0.15) is 26.7 Å². The molecule has 96 valence electrons. The summed E-state index contributed by atoms with van der Waals surface area (Å²) in [6, 6.07) is 0. The van der Waals surface area contributed by atoms with E-state index in [4.69, 9.17) is 17.5 Å². The lowest BCUT2D eigenvalue weighted by Gasteiger charge is -2.19. The first-order chi connectivity index (χ1) is 7.36. The van der Waals surface area contributed by atoms with E-state index in [1.165, 1.54) is 19.4 Å². The van der Waals surface area contributed by atoms with Crippen LogP contribution in [0.5, 0.6) is 0 Å². The van der Waals surface area contributed by atoms with E-state index in [0.717, 1.165) is 13.2 Å². The summed E-state index contributed by atoms with van der Waals surface area (Å²) in [4.78, 5) is 4.68. The predicted octanol–water partition coefficient (Wildman–Crippen LogP) is 1.20. The van der Waals surface area contributed by atoms with Crippen LogP contribution >= 0.6 is 0 Å². The summed E-state index contributed by atoms with van der Waals surface area (Å²) in [7, 11) is -4.67.